The van der Waals surface area contributed by atoms with Crippen LogP contribution in [-0.2, 0) is 14.3 Å². The highest BCUT2D eigenvalue weighted by atomic mass is 32.1. The maximum absolute atomic E-state index is 12.4. The highest BCUT2D eigenvalue weighted by Gasteiger charge is 2.35. The monoisotopic (exact) mass is 748 g/mol. The van der Waals surface area contributed by atoms with Gasteiger partial charge in [-0.25, -0.2) is 4.79 Å². The number of carboxylic acids is 1. The summed E-state index contributed by atoms with van der Waals surface area (Å²) in [4.78, 5) is 97.4. The molecule has 49 heavy (non-hydrogen) atoms. The number of rotatable bonds is 6. The van der Waals surface area contributed by atoms with Crippen LogP contribution in [0.5, 0.6) is 0 Å². The van der Waals surface area contributed by atoms with Gasteiger partial charge < -0.3 is 25.6 Å². The van der Waals surface area contributed by atoms with Gasteiger partial charge in [-0.3, -0.25) is 33.6 Å². The maximum Gasteiger partial charge on any atom is 0.328 e. The third-order valence-corrected chi connectivity index (χ3v) is 10.8. The number of hydrogen-bond donors (Lipinski definition) is 4. The van der Waals surface area contributed by atoms with Crippen molar-refractivity contribution in [3.8, 4) is 0 Å². The van der Waals surface area contributed by atoms with Gasteiger partial charge in [-0.1, -0.05) is 14.9 Å². The number of esters is 1. The summed E-state index contributed by atoms with van der Waals surface area (Å²) in [5.74, 6) is -3.92. The minimum Gasteiger partial charge on any atom is -0.480 e. The molecule has 0 saturated heterocycles. The van der Waals surface area contributed by atoms with Gasteiger partial charge in [0.25, 0.3) is 11.8 Å². The van der Waals surface area contributed by atoms with Gasteiger partial charge in [-0.15, -0.1) is 45.3 Å². The van der Waals surface area contributed by atoms with Crippen LogP contribution in [0.15, 0.2) is 35.0 Å². The van der Waals surface area contributed by atoms with Gasteiger partial charge in [-0.2, -0.15) is 0 Å². The Morgan fingerprint density at radius 3 is 1.41 bits per heavy atom. The number of fused-ring (bicyclic) bond motifs is 4. The molecule has 0 saturated carbocycles. The van der Waals surface area contributed by atoms with Crippen molar-refractivity contribution in [2.45, 2.75) is 40.8 Å². The van der Waals surface area contributed by atoms with E-state index >= 15 is 0 Å². The second-order valence-corrected chi connectivity index (χ2v) is 13.5. The van der Waals surface area contributed by atoms with Crippen molar-refractivity contribution in [1.29, 1.82) is 0 Å². The molecule has 2 amide bonds. The Hall–Kier alpha value is -4.68. The molecule has 0 aliphatic heterocycles. The predicted octanol–water partition coefficient (Wildman–Crippen LogP) is 4.54. The first-order valence-corrected chi connectivity index (χ1v) is 16.7. The molecule has 0 fully saturated rings. The van der Waals surface area contributed by atoms with E-state index in [1.807, 2.05) is 0 Å². The second-order valence-electron chi connectivity index (χ2n) is 9.60. The van der Waals surface area contributed by atoms with Gasteiger partial charge in [0, 0.05) is 29.4 Å². The molecule has 0 unspecified atom stereocenters. The summed E-state index contributed by atoms with van der Waals surface area (Å²) in [7, 11) is 2.23. The van der Waals surface area contributed by atoms with E-state index < -0.39 is 35.8 Å². The molecule has 6 rings (SSSR count). The van der Waals surface area contributed by atoms with Crippen molar-refractivity contribution in [2.24, 2.45) is 0 Å². The lowest BCUT2D eigenvalue weighted by molar-refractivity contribution is -0.142. The lowest BCUT2D eigenvalue weighted by Crippen LogP contribution is -2.38. The third-order valence-electron chi connectivity index (χ3n) is 6.67. The van der Waals surface area contributed by atoms with Crippen LogP contribution in [-0.4, -0.2) is 83.4 Å². The van der Waals surface area contributed by atoms with Gasteiger partial charge in [-0.05, 0) is 48.9 Å². The lowest BCUT2D eigenvalue weighted by Gasteiger charge is -2.10. The van der Waals surface area contributed by atoms with Crippen LogP contribution < -0.4 is 10.6 Å². The van der Waals surface area contributed by atoms with Crippen molar-refractivity contribution < 1.29 is 53.3 Å². The number of aliphatic hydroxyl groups excluding tert-OH is 1. The largest absolute Gasteiger partial charge is 0.480 e. The fourth-order valence-electron chi connectivity index (χ4n) is 4.34. The number of hydrogen-bond acceptors (Lipinski definition) is 14. The molecule has 4 N–H and O–H groups in total. The zero-order valence-corrected chi connectivity index (χ0v) is 28.1. The first kappa shape index (κ1) is 40.5. The Labute approximate surface area is 296 Å². The smallest absolute Gasteiger partial charge is 0.328 e. The summed E-state index contributed by atoms with van der Waals surface area (Å²) in [5.41, 5.74) is 1.17. The minimum absolute atomic E-state index is 0. The average Bonchev–Trinajstić information content (AvgIpc) is 3.88. The first-order chi connectivity index (χ1) is 22.3. The number of carbonyl (C=O) groups is 8. The molecule has 2 atom stereocenters. The lowest BCUT2D eigenvalue weighted by atomic mass is 9.95. The van der Waals surface area contributed by atoms with Crippen LogP contribution in [0.25, 0.3) is 0 Å². The van der Waals surface area contributed by atoms with Crippen molar-refractivity contribution in [3.63, 3.8) is 0 Å². The molecule has 0 bridgehead atoms. The molecular weight excluding hydrogens is 717 g/mol. The van der Waals surface area contributed by atoms with Crippen LogP contribution in [0.2, 0.25) is 0 Å². The van der Waals surface area contributed by atoms with Crippen LogP contribution >= 0.6 is 45.3 Å². The van der Waals surface area contributed by atoms with Crippen molar-refractivity contribution in [2.75, 3.05) is 14.2 Å². The molecule has 2 aliphatic rings. The summed E-state index contributed by atoms with van der Waals surface area (Å²) >= 11 is 4.26. The Morgan fingerprint density at radius 1 is 0.653 bits per heavy atom. The van der Waals surface area contributed by atoms with Crippen LogP contribution in [0, 0.1) is 0 Å². The Kier molecular flexibility index (Phi) is 13.7. The molecule has 2 aliphatic carbocycles. The normalized spacial score (nSPS) is 13.1. The number of thiophene rings is 4. The maximum atomic E-state index is 12.4. The molecule has 17 heteroatoms. The van der Waals surface area contributed by atoms with Crippen molar-refractivity contribution in [3.05, 3.63) is 86.5 Å². The summed E-state index contributed by atoms with van der Waals surface area (Å²) in [6, 6.07) is 4.08. The van der Waals surface area contributed by atoms with E-state index in [1.165, 1.54) is 55.8 Å². The number of carboxylic acid groups (broad SMARTS) is 1. The molecule has 0 spiro atoms. The van der Waals surface area contributed by atoms with Gasteiger partial charge in [0.15, 0.2) is 11.6 Å². The number of carbonyl (C=O) groups excluding carboxylic acids is 7. The van der Waals surface area contributed by atoms with E-state index in [1.54, 1.807) is 22.9 Å². The fourth-order valence-corrected chi connectivity index (χ4v) is 8.15. The number of aliphatic carboxylic acids is 1. The van der Waals surface area contributed by atoms with Crippen molar-refractivity contribution >= 4 is 92.2 Å². The second kappa shape index (κ2) is 16.6. The van der Waals surface area contributed by atoms with E-state index in [9.17, 15) is 38.4 Å². The van der Waals surface area contributed by atoms with Gasteiger partial charge in [0.05, 0.1) is 36.4 Å². The molecule has 4 aromatic rings. The van der Waals surface area contributed by atoms with Crippen LogP contribution in [0.1, 0.15) is 109 Å². The number of nitrogens with one attached hydrogen (secondary N) is 2. The summed E-state index contributed by atoms with van der Waals surface area (Å²) in [5, 5.41) is 24.0. The van der Waals surface area contributed by atoms with Gasteiger partial charge in [0.1, 0.15) is 12.1 Å². The number of amides is 2. The molecule has 0 radical (unpaired) electrons. The average molecular weight is 749 g/mol. The highest BCUT2D eigenvalue weighted by molar-refractivity contribution is 7.19. The molecule has 260 valence electrons. The van der Waals surface area contributed by atoms with Gasteiger partial charge in [0.2, 0.25) is 11.6 Å². The minimum atomic E-state index is -1.16. The summed E-state index contributed by atoms with van der Waals surface area (Å²) in [6.45, 7) is 2.83. The zero-order chi connectivity index (χ0) is 34.7. The number of aliphatic hydroxyl groups is 1. The summed E-state index contributed by atoms with van der Waals surface area (Å²) in [6.07, 6.45) is 0. The first-order valence-electron chi connectivity index (χ1n) is 13.3. The zero-order valence-electron chi connectivity index (χ0n) is 24.8. The van der Waals surface area contributed by atoms with E-state index in [0.29, 0.717) is 20.9 Å². The number of methoxy groups -OCH3 is 1. The number of ether oxygens (including phenoxy) is 1. The molecular formula is C32H32N2O11S4. The van der Waals surface area contributed by atoms with Crippen LogP contribution in [0.4, 0.5) is 0 Å². The number of ketones is 4. The van der Waals surface area contributed by atoms with E-state index in [4.69, 9.17) is 10.2 Å². The molecule has 4 heterocycles. The predicted molar refractivity (Wildman–Crippen MR) is 186 cm³/mol. The van der Waals surface area contributed by atoms with E-state index in [-0.39, 0.29) is 68.6 Å². The van der Waals surface area contributed by atoms with Crippen LogP contribution in [0.3, 0.4) is 0 Å². The topological polar surface area (TPSA) is 210 Å². The van der Waals surface area contributed by atoms with Gasteiger partial charge >= 0.3 is 11.9 Å². The van der Waals surface area contributed by atoms with E-state index in [0.717, 1.165) is 29.8 Å². The van der Waals surface area contributed by atoms with E-state index in [2.05, 4.69) is 15.4 Å². The highest BCUT2D eigenvalue weighted by Crippen LogP contribution is 2.37. The Bertz CT molecular complexity index is 1870. The Morgan fingerprint density at radius 2 is 1.04 bits per heavy atom. The third kappa shape index (κ3) is 7.81. The molecule has 0 aromatic carbocycles. The quantitative estimate of drug-likeness (QED) is 0.174. The molecule has 13 nitrogen and oxygen atoms in total. The SMILES string of the molecule is C.C.CO.COC(=O)[C@H](C)NC(=O)c1cc2c(s1)C(=O)c1sccc1C2=O.C[C@H](NC(=O)c1cc2c(s1)C(=O)c1sccc1C2=O)C(=O)O. The molecule has 4 aromatic heterocycles. The Balaban J connectivity index is 0.000000312. The van der Waals surface area contributed by atoms with Crippen molar-refractivity contribution in [1.82, 2.24) is 10.6 Å². The standard InChI is InChI=1S/C15H11NO5S2.C14H9NO5S2.CH4O.2CH4/c1-6(15(20)21-2)16-14(19)9-5-8-10(17)7-3-4-22-12(7)11(18)13(8)23-9;1-5(14(19)20)15-13(18)8-4-7-9(16)6-2-3-21-11(6)10(17)12(7)22-8;1-2;;/h3-6H,1-2H3,(H,16,19);2-5H,1H3,(H,15,18)(H,19,20);2H,1H3;2*1H4/t6-;5-;;;/m00.../s1. The summed E-state index contributed by atoms with van der Waals surface area (Å²) < 4.78 is 4.54. The fraction of sp³-hybridized carbons (Fsp3) is 0.250.